The lowest BCUT2D eigenvalue weighted by atomic mass is 9.83. The molecule has 1 aliphatic rings. The van der Waals surface area contributed by atoms with Gasteiger partial charge in [0.05, 0.1) is 6.10 Å². The second-order valence-electron chi connectivity index (χ2n) is 5.01. The van der Waals surface area contributed by atoms with E-state index < -0.39 is 0 Å². The smallest absolute Gasteiger partial charge is 0.100 e. The molecule has 0 bridgehead atoms. The fourth-order valence-electron chi connectivity index (χ4n) is 2.66. The molecule has 1 N–H and O–H groups in total. The maximum atomic E-state index is 6.12. The van der Waals surface area contributed by atoms with E-state index in [9.17, 15) is 0 Å². The molecule has 1 heterocycles. The predicted octanol–water partition coefficient (Wildman–Crippen LogP) is 3.29. The fourth-order valence-corrected chi connectivity index (χ4v) is 3.51. The van der Waals surface area contributed by atoms with Crippen molar-refractivity contribution in [3.05, 3.63) is 12.2 Å². The van der Waals surface area contributed by atoms with Crippen molar-refractivity contribution >= 4 is 11.8 Å². The van der Waals surface area contributed by atoms with E-state index >= 15 is 0 Å². The molecule has 4 unspecified atom stereocenters. The number of allylic oxidation sites excluding steroid dienone is 2. The Bertz CT molecular complexity index is 244. The normalized spacial score (nSPS) is 39.6. The van der Waals surface area contributed by atoms with Gasteiger partial charge >= 0.3 is 0 Å². The molecule has 0 amide bonds. The molecule has 1 rings (SSSR count). The first-order valence-corrected chi connectivity index (χ1v) is 7.72. The van der Waals surface area contributed by atoms with Crippen molar-refractivity contribution in [2.24, 2.45) is 11.8 Å². The maximum Gasteiger partial charge on any atom is 0.100 e. The minimum atomic E-state index is 0.290. The van der Waals surface area contributed by atoms with E-state index in [-0.39, 0.29) is 6.10 Å². The molecule has 17 heavy (non-hydrogen) atoms. The van der Waals surface area contributed by atoms with Crippen LogP contribution in [0.25, 0.3) is 0 Å². The quantitative estimate of drug-likeness (QED) is 0.767. The Kier molecular flexibility index (Phi) is 6.60. The van der Waals surface area contributed by atoms with Crippen molar-refractivity contribution < 1.29 is 4.74 Å². The molecule has 0 saturated carbocycles. The van der Waals surface area contributed by atoms with E-state index in [1.807, 2.05) is 18.8 Å². The summed E-state index contributed by atoms with van der Waals surface area (Å²) < 4.78 is 6.12. The van der Waals surface area contributed by atoms with Crippen molar-refractivity contribution in [1.82, 2.24) is 5.32 Å². The number of ether oxygens (including phenoxy) is 1. The lowest BCUT2D eigenvalue weighted by Crippen LogP contribution is -2.42. The van der Waals surface area contributed by atoms with Gasteiger partial charge in [0.15, 0.2) is 0 Å². The summed E-state index contributed by atoms with van der Waals surface area (Å²) in [6.07, 6.45) is 6.13. The SMILES string of the molecule is CNC(C)C1C(C)OC(C)SCC/C=C/[C@H]1C. The average Bonchev–Trinajstić information content (AvgIpc) is 2.27. The first-order chi connectivity index (χ1) is 8.06. The molecule has 0 radical (unpaired) electrons. The van der Waals surface area contributed by atoms with Crippen LogP contribution in [0.2, 0.25) is 0 Å². The molecule has 0 fully saturated rings. The molecule has 0 spiro atoms. The van der Waals surface area contributed by atoms with Crippen LogP contribution in [-0.4, -0.2) is 30.4 Å². The van der Waals surface area contributed by atoms with Crippen LogP contribution in [0.5, 0.6) is 0 Å². The Morgan fingerprint density at radius 3 is 2.71 bits per heavy atom. The van der Waals surface area contributed by atoms with Gasteiger partial charge in [-0.05, 0) is 45.9 Å². The van der Waals surface area contributed by atoms with Crippen molar-refractivity contribution in [3.63, 3.8) is 0 Å². The van der Waals surface area contributed by atoms with Gasteiger partial charge in [0.1, 0.15) is 5.44 Å². The highest BCUT2D eigenvalue weighted by Gasteiger charge is 2.29. The van der Waals surface area contributed by atoms with Crippen molar-refractivity contribution in [2.75, 3.05) is 12.8 Å². The van der Waals surface area contributed by atoms with Crippen molar-refractivity contribution in [2.45, 2.75) is 51.7 Å². The number of hydrogen-bond acceptors (Lipinski definition) is 3. The van der Waals surface area contributed by atoms with Crippen LogP contribution in [-0.2, 0) is 4.74 Å². The summed E-state index contributed by atoms with van der Waals surface area (Å²) >= 11 is 1.91. The second-order valence-corrected chi connectivity index (χ2v) is 6.42. The van der Waals surface area contributed by atoms with Crippen LogP contribution in [0.1, 0.15) is 34.1 Å². The topological polar surface area (TPSA) is 21.3 Å². The zero-order valence-corrected chi connectivity index (χ0v) is 12.6. The average molecular weight is 257 g/mol. The Labute approximate surface area is 111 Å². The maximum absolute atomic E-state index is 6.12. The lowest BCUT2D eigenvalue weighted by Gasteiger charge is -2.35. The largest absolute Gasteiger partial charge is 0.365 e. The molecule has 0 aromatic heterocycles. The lowest BCUT2D eigenvalue weighted by molar-refractivity contribution is -0.00488. The van der Waals surface area contributed by atoms with Crippen LogP contribution < -0.4 is 5.32 Å². The van der Waals surface area contributed by atoms with E-state index in [0.29, 0.717) is 23.3 Å². The van der Waals surface area contributed by atoms with E-state index in [1.54, 1.807) is 0 Å². The van der Waals surface area contributed by atoms with E-state index in [1.165, 1.54) is 0 Å². The van der Waals surface area contributed by atoms with Crippen LogP contribution in [0.3, 0.4) is 0 Å². The van der Waals surface area contributed by atoms with E-state index in [4.69, 9.17) is 4.74 Å². The van der Waals surface area contributed by atoms with Gasteiger partial charge in [0.2, 0.25) is 0 Å². The Morgan fingerprint density at radius 2 is 2.06 bits per heavy atom. The third-order valence-electron chi connectivity index (χ3n) is 3.66. The van der Waals surface area contributed by atoms with Gasteiger partial charge in [-0.3, -0.25) is 0 Å². The highest BCUT2D eigenvalue weighted by Crippen LogP contribution is 2.28. The van der Waals surface area contributed by atoms with Crippen LogP contribution in [0.15, 0.2) is 12.2 Å². The van der Waals surface area contributed by atoms with Gasteiger partial charge < -0.3 is 10.1 Å². The predicted molar refractivity (Wildman–Crippen MR) is 77.4 cm³/mol. The van der Waals surface area contributed by atoms with E-state index in [2.05, 4.69) is 45.2 Å². The summed E-state index contributed by atoms with van der Waals surface area (Å²) in [4.78, 5) is 0. The third kappa shape index (κ3) is 4.65. The molecule has 0 aliphatic carbocycles. The molecule has 0 saturated heterocycles. The number of thioether (sulfide) groups is 1. The molecular formula is C14H27NOS. The van der Waals surface area contributed by atoms with Gasteiger partial charge in [-0.15, -0.1) is 11.8 Å². The first-order valence-electron chi connectivity index (χ1n) is 6.67. The second kappa shape index (κ2) is 7.45. The van der Waals surface area contributed by atoms with Gasteiger partial charge in [0, 0.05) is 12.0 Å². The summed E-state index contributed by atoms with van der Waals surface area (Å²) in [5.41, 5.74) is 0.301. The molecule has 100 valence electrons. The Balaban J connectivity index is 2.80. The first kappa shape index (κ1) is 15.1. The highest BCUT2D eigenvalue weighted by atomic mass is 32.2. The molecule has 0 aromatic rings. The van der Waals surface area contributed by atoms with Gasteiger partial charge in [-0.1, -0.05) is 19.1 Å². The minimum absolute atomic E-state index is 0.290. The Hall–Kier alpha value is 0.01000. The molecule has 0 aromatic carbocycles. The van der Waals surface area contributed by atoms with Crippen LogP contribution >= 0.6 is 11.8 Å². The van der Waals surface area contributed by atoms with Gasteiger partial charge in [0.25, 0.3) is 0 Å². The molecular weight excluding hydrogens is 230 g/mol. The fraction of sp³-hybridized carbons (Fsp3) is 0.857. The van der Waals surface area contributed by atoms with Crippen LogP contribution in [0, 0.1) is 11.8 Å². The van der Waals surface area contributed by atoms with Crippen molar-refractivity contribution in [1.29, 1.82) is 0 Å². The number of hydrogen-bond donors (Lipinski definition) is 1. The number of nitrogens with one attached hydrogen (secondary N) is 1. The zero-order chi connectivity index (χ0) is 12.8. The molecule has 3 heteroatoms. The summed E-state index contributed by atoms with van der Waals surface area (Å²) in [6, 6.07) is 0.473. The molecule has 2 nitrogen and oxygen atoms in total. The Morgan fingerprint density at radius 1 is 1.35 bits per heavy atom. The minimum Gasteiger partial charge on any atom is -0.365 e. The zero-order valence-electron chi connectivity index (χ0n) is 11.8. The number of rotatable bonds is 2. The van der Waals surface area contributed by atoms with Crippen molar-refractivity contribution in [3.8, 4) is 0 Å². The van der Waals surface area contributed by atoms with E-state index in [0.717, 1.165) is 12.2 Å². The van der Waals surface area contributed by atoms with Crippen LogP contribution in [0.4, 0.5) is 0 Å². The monoisotopic (exact) mass is 257 g/mol. The standard InChI is InChI=1S/C14H27NOS/c1-10-8-6-7-9-17-13(4)16-12(3)14(10)11(2)15-5/h6,8,10-15H,7,9H2,1-5H3/b8-6+/t10-,11?,12?,13?,14?/m1/s1. The third-order valence-corrected chi connectivity index (χ3v) is 4.72. The molecule has 5 atom stereocenters. The summed E-state index contributed by atoms with van der Waals surface area (Å²) in [5.74, 6) is 2.24. The van der Waals surface area contributed by atoms with Gasteiger partial charge in [-0.2, -0.15) is 0 Å². The summed E-state index contributed by atoms with van der Waals surface area (Å²) in [6.45, 7) is 8.92. The highest BCUT2D eigenvalue weighted by molar-refractivity contribution is 7.99. The summed E-state index contributed by atoms with van der Waals surface area (Å²) in [7, 11) is 2.03. The van der Waals surface area contributed by atoms with Gasteiger partial charge in [-0.25, -0.2) is 0 Å². The molecule has 1 aliphatic heterocycles. The summed E-state index contributed by atoms with van der Waals surface area (Å²) in [5, 5.41) is 3.37.